The van der Waals surface area contributed by atoms with Gasteiger partial charge in [-0.1, -0.05) is 18.2 Å². The molecule has 0 atom stereocenters. The van der Waals surface area contributed by atoms with Gasteiger partial charge in [-0.25, -0.2) is 9.59 Å². The lowest BCUT2D eigenvalue weighted by Gasteiger charge is -2.10. The summed E-state index contributed by atoms with van der Waals surface area (Å²) in [5.41, 5.74) is -3.09. The molecule has 1 heterocycles. The van der Waals surface area contributed by atoms with Gasteiger partial charge in [0, 0.05) is 12.1 Å². The van der Waals surface area contributed by atoms with Crippen LogP contribution in [0, 0.1) is 20.2 Å². The highest BCUT2D eigenvalue weighted by molar-refractivity contribution is 5.92. The van der Waals surface area contributed by atoms with Crippen molar-refractivity contribution >= 4 is 29.5 Å². The monoisotopic (exact) mass is 454 g/mol. The van der Waals surface area contributed by atoms with Crippen molar-refractivity contribution in [1.82, 2.24) is 9.97 Å². The van der Waals surface area contributed by atoms with E-state index < -0.39 is 32.8 Å². The van der Waals surface area contributed by atoms with Gasteiger partial charge in [0.2, 0.25) is 0 Å². The van der Waals surface area contributed by atoms with Crippen LogP contribution in [-0.2, 0) is 0 Å². The number of hydrogen-bond acceptors (Lipinski definition) is 9. The number of benzene rings is 2. The molecule has 3 rings (SSSR count). The first kappa shape index (κ1) is 22.6. The van der Waals surface area contributed by atoms with E-state index in [9.17, 15) is 34.6 Å². The third kappa shape index (κ3) is 5.16. The number of ether oxygens (including phenoxy) is 2. The number of H-pyrrole nitrogens is 2. The first-order chi connectivity index (χ1) is 15.7. The highest BCUT2D eigenvalue weighted by atomic mass is 16.6. The Morgan fingerprint density at radius 3 is 2.39 bits per heavy atom. The Morgan fingerprint density at radius 1 is 0.970 bits per heavy atom. The summed E-state index contributed by atoms with van der Waals surface area (Å²) in [6.45, 7) is 0. The van der Waals surface area contributed by atoms with E-state index in [-0.39, 0.29) is 28.4 Å². The summed E-state index contributed by atoms with van der Waals surface area (Å²) >= 11 is 0. The maximum absolute atomic E-state index is 12.4. The Balaban J connectivity index is 1.88. The summed E-state index contributed by atoms with van der Waals surface area (Å²) in [6.07, 6.45) is 2.53. The van der Waals surface area contributed by atoms with Crippen LogP contribution < -0.4 is 20.7 Å². The molecule has 0 aliphatic heterocycles. The second-order valence-electron chi connectivity index (χ2n) is 6.37. The molecule has 0 saturated heterocycles. The third-order valence-corrected chi connectivity index (χ3v) is 4.25. The van der Waals surface area contributed by atoms with Crippen molar-refractivity contribution in [3.63, 3.8) is 0 Å². The maximum atomic E-state index is 12.4. The zero-order valence-corrected chi connectivity index (χ0v) is 16.8. The largest absolute Gasteiger partial charge is 0.493 e. The second kappa shape index (κ2) is 9.38. The van der Waals surface area contributed by atoms with E-state index in [1.807, 2.05) is 0 Å². The minimum Gasteiger partial charge on any atom is -0.493 e. The van der Waals surface area contributed by atoms with Crippen LogP contribution in [0.15, 0.2) is 52.1 Å². The molecule has 13 heteroatoms. The molecule has 2 N–H and O–H groups in total. The van der Waals surface area contributed by atoms with Gasteiger partial charge in [0.25, 0.3) is 5.69 Å². The summed E-state index contributed by atoms with van der Waals surface area (Å²) in [5.74, 6) is -0.719. The molecule has 0 unspecified atom stereocenters. The molecule has 1 aromatic heterocycles. The van der Waals surface area contributed by atoms with Crippen LogP contribution in [0.2, 0.25) is 0 Å². The number of carbonyl (C=O) groups is 1. The molecule has 33 heavy (non-hydrogen) atoms. The average Bonchev–Trinajstić information content (AvgIpc) is 2.77. The van der Waals surface area contributed by atoms with Gasteiger partial charge in [-0.3, -0.25) is 30.0 Å². The molecule has 168 valence electrons. The van der Waals surface area contributed by atoms with Gasteiger partial charge in [-0.2, -0.15) is 0 Å². The summed E-state index contributed by atoms with van der Waals surface area (Å²) in [5, 5.41) is 22.0. The van der Waals surface area contributed by atoms with Crippen LogP contribution in [-0.4, -0.2) is 32.9 Å². The number of esters is 1. The average molecular weight is 454 g/mol. The minimum atomic E-state index is -1.15. The van der Waals surface area contributed by atoms with Crippen LogP contribution in [0.3, 0.4) is 0 Å². The zero-order chi connectivity index (χ0) is 24.1. The third-order valence-electron chi connectivity index (χ3n) is 4.25. The van der Waals surface area contributed by atoms with Gasteiger partial charge >= 0.3 is 22.9 Å². The van der Waals surface area contributed by atoms with Crippen LogP contribution in [0.5, 0.6) is 11.5 Å². The normalized spacial score (nSPS) is 10.7. The number of nitro benzene ring substituents is 1. The van der Waals surface area contributed by atoms with E-state index in [2.05, 4.69) is 4.98 Å². The van der Waals surface area contributed by atoms with Gasteiger partial charge in [0.05, 0.1) is 22.5 Å². The Morgan fingerprint density at radius 2 is 1.73 bits per heavy atom. The molecule has 0 aliphatic rings. The summed E-state index contributed by atoms with van der Waals surface area (Å²) in [6, 6.07) is 9.29. The van der Waals surface area contributed by atoms with Crippen LogP contribution in [0.4, 0.5) is 11.4 Å². The zero-order valence-electron chi connectivity index (χ0n) is 16.8. The van der Waals surface area contributed by atoms with Gasteiger partial charge in [-0.15, -0.1) is 0 Å². The van der Waals surface area contributed by atoms with Crippen molar-refractivity contribution in [3.8, 4) is 11.5 Å². The van der Waals surface area contributed by atoms with Gasteiger partial charge < -0.3 is 14.5 Å². The summed E-state index contributed by atoms with van der Waals surface area (Å²) < 4.78 is 10.5. The van der Waals surface area contributed by atoms with E-state index >= 15 is 0 Å². The fourth-order valence-electron chi connectivity index (χ4n) is 2.76. The standard InChI is InChI=1S/C20H14N4O9/c1-32-16-9-11(5-7-14-17(24(30)31)18(25)22-20(27)21-14)6-8-15(16)33-19(26)12-3-2-4-13(10-12)23(28)29/h2-10H,1H3,(H2,21,22,25,27)/b7-5+. The van der Waals surface area contributed by atoms with Crippen molar-refractivity contribution in [1.29, 1.82) is 0 Å². The van der Waals surface area contributed by atoms with Crippen LogP contribution in [0.25, 0.3) is 12.2 Å². The number of nitrogens with zero attached hydrogens (tertiary/aromatic N) is 2. The van der Waals surface area contributed by atoms with Crippen molar-refractivity contribution < 1.29 is 24.1 Å². The Bertz CT molecular complexity index is 1410. The van der Waals surface area contributed by atoms with E-state index in [0.29, 0.717) is 5.56 Å². The lowest BCUT2D eigenvalue weighted by molar-refractivity contribution is -0.386. The van der Waals surface area contributed by atoms with Crippen LogP contribution in [0.1, 0.15) is 21.6 Å². The number of nitrogens with one attached hydrogen (secondary N) is 2. The molecule has 2 aromatic carbocycles. The molecule has 0 bridgehead atoms. The number of aromatic nitrogens is 2. The first-order valence-electron chi connectivity index (χ1n) is 9.03. The Labute approximate surface area is 183 Å². The quantitative estimate of drug-likeness (QED) is 0.233. The number of non-ortho nitro benzene ring substituents is 1. The Kier molecular flexibility index (Phi) is 6.43. The minimum absolute atomic E-state index is 0.0155. The fourth-order valence-corrected chi connectivity index (χ4v) is 2.76. The smallest absolute Gasteiger partial charge is 0.357 e. The van der Waals surface area contributed by atoms with Crippen LogP contribution >= 0.6 is 0 Å². The molecule has 0 radical (unpaired) electrons. The molecule has 0 spiro atoms. The van der Waals surface area contributed by atoms with Gasteiger partial charge in [0.1, 0.15) is 5.69 Å². The van der Waals surface area contributed by atoms with Crippen molar-refractivity contribution in [2.24, 2.45) is 0 Å². The number of hydrogen-bond donors (Lipinski definition) is 2. The highest BCUT2D eigenvalue weighted by Crippen LogP contribution is 2.30. The first-order valence-corrected chi connectivity index (χ1v) is 9.03. The van der Waals surface area contributed by atoms with E-state index in [1.165, 1.54) is 55.7 Å². The van der Waals surface area contributed by atoms with Crippen molar-refractivity contribution in [2.75, 3.05) is 7.11 Å². The number of nitro groups is 2. The maximum Gasteiger partial charge on any atom is 0.357 e. The molecular formula is C20H14N4O9. The molecular weight excluding hydrogens is 440 g/mol. The second-order valence-corrected chi connectivity index (χ2v) is 6.37. The SMILES string of the molecule is COc1cc(/C=C/c2[nH]c(=O)[nH]c(=O)c2[N+](=O)[O-])ccc1OC(=O)c1cccc([N+](=O)[O-])c1. The predicted molar refractivity (Wildman–Crippen MR) is 114 cm³/mol. The molecule has 0 fully saturated rings. The van der Waals surface area contributed by atoms with Crippen molar-refractivity contribution in [2.45, 2.75) is 0 Å². The summed E-state index contributed by atoms with van der Waals surface area (Å²) in [4.78, 5) is 59.9. The topological polar surface area (TPSA) is 188 Å². The fraction of sp³-hybridized carbons (Fsp3) is 0.0500. The predicted octanol–water partition coefficient (Wildman–Crippen LogP) is 2.28. The molecule has 0 amide bonds. The van der Waals surface area contributed by atoms with E-state index in [4.69, 9.17) is 9.47 Å². The lowest BCUT2D eigenvalue weighted by Crippen LogP contribution is -2.25. The lowest BCUT2D eigenvalue weighted by atomic mass is 10.1. The van der Waals surface area contributed by atoms with Crippen molar-refractivity contribution in [3.05, 3.63) is 100 Å². The molecule has 0 saturated carbocycles. The number of carbonyl (C=O) groups excluding carboxylic acids is 1. The van der Waals surface area contributed by atoms with Gasteiger partial charge in [0.15, 0.2) is 11.5 Å². The molecule has 0 aliphatic carbocycles. The summed E-state index contributed by atoms with van der Waals surface area (Å²) in [7, 11) is 1.31. The Hall–Kier alpha value is -5.07. The molecule has 3 aromatic rings. The number of aromatic amines is 2. The number of methoxy groups -OCH3 is 1. The highest BCUT2D eigenvalue weighted by Gasteiger charge is 2.19. The van der Waals surface area contributed by atoms with Gasteiger partial charge in [-0.05, 0) is 29.8 Å². The molecule has 13 nitrogen and oxygen atoms in total. The number of rotatable bonds is 7. The van der Waals surface area contributed by atoms with E-state index in [1.54, 1.807) is 4.98 Å². The van der Waals surface area contributed by atoms with E-state index in [0.717, 1.165) is 6.07 Å².